The Morgan fingerprint density at radius 2 is 1.60 bits per heavy atom. The van der Waals surface area contributed by atoms with E-state index in [4.69, 9.17) is 14.2 Å². The van der Waals surface area contributed by atoms with E-state index >= 15 is 4.79 Å². The number of ketones is 2. The van der Waals surface area contributed by atoms with E-state index in [0.717, 1.165) is 74.1 Å². The third kappa shape index (κ3) is 12.9. The van der Waals surface area contributed by atoms with E-state index < -0.39 is 29.1 Å². The van der Waals surface area contributed by atoms with Crippen LogP contribution < -0.4 is 19.7 Å². The lowest BCUT2D eigenvalue weighted by molar-refractivity contribution is -0.148. The van der Waals surface area contributed by atoms with Crippen LogP contribution in [-0.4, -0.2) is 73.8 Å². The number of carbonyl (C=O) groups is 3. The Labute approximate surface area is 496 Å². The van der Waals surface area contributed by atoms with Gasteiger partial charge in [0.1, 0.15) is 40.7 Å². The van der Waals surface area contributed by atoms with Crippen LogP contribution >= 0.6 is 0 Å². The van der Waals surface area contributed by atoms with Crippen LogP contribution in [0.5, 0.6) is 34.5 Å². The van der Waals surface area contributed by atoms with Gasteiger partial charge in [0.25, 0.3) is 0 Å². The van der Waals surface area contributed by atoms with Crippen molar-refractivity contribution in [3.63, 3.8) is 0 Å². The molecule has 4 heterocycles. The van der Waals surface area contributed by atoms with Gasteiger partial charge in [-0.3, -0.25) is 14.4 Å². The second-order valence-electron chi connectivity index (χ2n) is 23.8. The molecular formula is C71H76N4O10. The molecule has 1 spiro atoms. The molecule has 440 valence electrons. The molecule has 5 unspecified atom stereocenters. The van der Waals surface area contributed by atoms with Crippen molar-refractivity contribution >= 4 is 34.0 Å². The quantitative estimate of drug-likeness (QED) is 0.0635. The predicted octanol–water partition coefficient (Wildman–Crippen LogP) is 13.4. The van der Waals surface area contributed by atoms with Crippen LogP contribution in [0.15, 0.2) is 170 Å². The molecule has 2 aliphatic heterocycles. The van der Waals surface area contributed by atoms with Gasteiger partial charge in [-0.1, -0.05) is 98.7 Å². The zero-order valence-corrected chi connectivity index (χ0v) is 48.9. The number of phenolic OH excluding ortho intramolecular Hbond substituents is 3. The maximum atomic E-state index is 15.2. The number of fused-ring (bicyclic) bond motifs is 3. The monoisotopic (exact) mass is 1140 g/mol. The van der Waals surface area contributed by atoms with Crippen molar-refractivity contribution in [1.82, 2.24) is 14.9 Å². The molecule has 0 saturated heterocycles. The number of methoxy groups -OCH3 is 1. The van der Waals surface area contributed by atoms with E-state index in [1.54, 1.807) is 37.3 Å². The topological polar surface area (TPSA) is 196 Å². The summed E-state index contributed by atoms with van der Waals surface area (Å²) < 4.78 is 20.5. The van der Waals surface area contributed by atoms with Crippen molar-refractivity contribution in [3.8, 4) is 34.5 Å². The Balaban J connectivity index is 1.08. The zero-order valence-electron chi connectivity index (χ0n) is 48.9. The van der Waals surface area contributed by atoms with Gasteiger partial charge < -0.3 is 54.4 Å². The number of nitrogens with zero attached hydrogens (tertiary/aromatic N) is 2. The summed E-state index contributed by atoms with van der Waals surface area (Å²) in [5.74, 6) is 0.307. The molecule has 0 radical (unpaired) electrons. The molecule has 2 aliphatic carbocycles. The second kappa shape index (κ2) is 24.8. The van der Waals surface area contributed by atoms with Gasteiger partial charge >= 0.3 is 5.97 Å². The van der Waals surface area contributed by atoms with Gasteiger partial charge in [0.15, 0.2) is 11.5 Å². The lowest BCUT2D eigenvalue weighted by atomic mass is 9.66. The third-order valence-corrected chi connectivity index (χ3v) is 17.9. The molecule has 2 aromatic heterocycles. The molecule has 0 amide bonds. The largest absolute Gasteiger partial charge is 0.508 e. The number of H-pyrrole nitrogens is 1. The molecular weight excluding hydrogens is 1070 g/mol. The lowest BCUT2D eigenvalue weighted by Gasteiger charge is -2.38. The summed E-state index contributed by atoms with van der Waals surface area (Å²) in [6.07, 6.45) is 25.9. The minimum atomic E-state index is -1.14. The van der Waals surface area contributed by atoms with E-state index in [2.05, 4.69) is 77.0 Å². The molecule has 6 N–H and O–H groups in total. The Hall–Kier alpha value is -8.75. The molecule has 4 bridgehead atoms. The average Bonchev–Trinajstić information content (AvgIpc) is 2.11. The first kappa shape index (κ1) is 58.0. The van der Waals surface area contributed by atoms with Crippen LogP contribution in [-0.2, 0) is 44.0 Å². The number of carbonyl (C=O) groups excluding carboxylic acids is 3. The molecule has 5 atom stereocenters. The number of aliphatic hydroxyl groups is 1. The van der Waals surface area contributed by atoms with Crippen LogP contribution in [0.2, 0.25) is 0 Å². The van der Waals surface area contributed by atoms with E-state index in [9.17, 15) is 30.0 Å². The Bertz CT molecular complexity index is 3750. The summed E-state index contributed by atoms with van der Waals surface area (Å²) in [5, 5.41) is 51.9. The summed E-state index contributed by atoms with van der Waals surface area (Å²) in [5.41, 5.74) is 6.51. The molecule has 1 saturated carbocycles. The number of ether oxygens (including phenoxy) is 3. The van der Waals surface area contributed by atoms with Gasteiger partial charge in [-0.05, 0) is 156 Å². The Morgan fingerprint density at radius 1 is 0.800 bits per heavy atom. The summed E-state index contributed by atoms with van der Waals surface area (Å²) in [6, 6.07) is 28.8. The summed E-state index contributed by atoms with van der Waals surface area (Å²) in [4.78, 5) is 47.0. The number of hydrogen-bond donors (Lipinski definition) is 6. The number of hydrogen-bond acceptors (Lipinski definition) is 12. The highest BCUT2D eigenvalue weighted by Gasteiger charge is 2.39. The van der Waals surface area contributed by atoms with Gasteiger partial charge in [0.05, 0.1) is 24.4 Å². The smallest absolute Gasteiger partial charge is 0.302 e. The number of anilines is 1. The lowest BCUT2D eigenvalue weighted by Crippen LogP contribution is -2.36. The molecule has 4 aliphatic rings. The second-order valence-corrected chi connectivity index (χ2v) is 23.8. The fourth-order valence-electron chi connectivity index (χ4n) is 13.5. The molecule has 14 heteroatoms. The Kier molecular flexibility index (Phi) is 17.0. The van der Waals surface area contributed by atoms with Crippen LogP contribution in [0, 0.1) is 11.3 Å². The number of allylic oxidation sites excluding steroid dienone is 6. The normalized spacial score (nSPS) is 21.6. The van der Waals surface area contributed by atoms with Crippen LogP contribution in [0.4, 0.5) is 5.69 Å². The standard InChI is InChI=1S/C71H76N4O10/c1-45-13-8-9-23-70(45)26-20-58(84-47(3)77)37-57(80)39-65(52-34-66(81)69(67(35-52)83-4)85-59-31-49(30-56(79)38-59)29-48-14-6-5-7-15-48)74-43-61-62(44-74)64(19-18-63(61)71(82)24-10-11-25-71)75(28-22-46(2)76)68-36-51(21-27-73-68)60(50-16-12-17-55(78)32-50)33-53-41-72-42-54(53)40-70/h5-9,12-19,21,23,30-32,34-36,38,41-45,58,60,65,72-73,78-79,81-82H,10-11,20,22,24-29,33,37,39-40H2,1-4H3. The van der Waals surface area contributed by atoms with Crippen LogP contribution in [0.3, 0.4) is 0 Å². The fourth-order valence-corrected chi connectivity index (χ4v) is 13.5. The van der Waals surface area contributed by atoms with Crippen LogP contribution in [0.1, 0.15) is 129 Å². The maximum Gasteiger partial charge on any atom is 0.302 e. The molecule has 85 heavy (non-hydrogen) atoms. The number of dihydropyridines is 1. The number of phenols is 3. The summed E-state index contributed by atoms with van der Waals surface area (Å²) >= 11 is 0. The number of aromatic hydroxyl groups is 3. The number of nitrogens with one attached hydrogen (secondary N) is 2. The number of Topliss-reactive ketones (excluding diaryl/α,β-unsaturated/α-hetero) is 2. The van der Waals surface area contributed by atoms with E-state index in [1.165, 1.54) is 20.1 Å². The van der Waals surface area contributed by atoms with Gasteiger partial charge in [-0.2, -0.15) is 0 Å². The highest BCUT2D eigenvalue weighted by Crippen LogP contribution is 2.49. The van der Waals surface area contributed by atoms with Gasteiger partial charge in [0, 0.05) is 86.8 Å². The van der Waals surface area contributed by atoms with Crippen molar-refractivity contribution in [3.05, 3.63) is 209 Å². The fraction of sp³-hybridized carbons (Fsp3) is 0.338. The number of rotatable bonds is 12. The summed E-state index contributed by atoms with van der Waals surface area (Å²) in [7, 11) is 1.47. The number of aromatic amines is 1. The van der Waals surface area contributed by atoms with Crippen molar-refractivity contribution in [1.29, 1.82) is 0 Å². The van der Waals surface area contributed by atoms with E-state index in [0.29, 0.717) is 63.6 Å². The highest BCUT2D eigenvalue weighted by atomic mass is 16.5. The number of esters is 1. The first-order valence-electron chi connectivity index (χ1n) is 29.8. The molecule has 14 nitrogen and oxygen atoms in total. The molecule has 1 fully saturated rings. The summed E-state index contributed by atoms with van der Waals surface area (Å²) in [6.45, 7) is 5.96. The van der Waals surface area contributed by atoms with Gasteiger partial charge in [-0.25, -0.2) is 0 Å². The van der Waals surface area contributed by atoms with Crippen molar-refractivity contribution in [2.24, 2.45) is 11.3 Å². The van der Waals surface area contributed by atoms with Gasteiger partial charge in [-0.15, -0.1) is 0 Å². The van der Waals surface area contributed by atoms with Crippen molar-refractivity contribution < 1.29 is 49.0 Å². The first-order chi connectivity index (χ1) is 41.0. The molecule has 7 aromatic rings. The SMILES string of the molecule is COc1cc(C2CC(=O)CC(OC(C)=O)CCC3(C=CC=CC3C)Cc3c[nH]cc3CC(c3cccc(O)c3)C3=CCNC(=C3)N(CCC(C)=O)c3ccc(C4(O)CCCC4)c4cn2cc34)cc(O)c1Oc1cc(O)cc(Cc2ccccc2)c1. The Morgan fingerprint density at radius 3 is 2.36 bits per heavy atom. The minimum Gasteiger partial charge on any atom is -0.508 e. The molecule has 5 aromatic carbocycles. The zero-order chi connectivity index (χ0) is 59.4. The van der Waals surface area contributed by atoms with E-state index in [-0.39, 0.29) is 77.2 Å². The predicted molar refractivity (Wildman–Crippen MR) is 329 cm³/mol. The van der Waals surface area contributed by atoms with E-state index in [1.807, 2.05) is 71.6 Å². The number of benzene rings is 5. The van der Waals surface area contributed by atoms with Crippen LogP contribution in [0.25, 0.3) is 10.8 Å². The maximum absolute atomic E-state index is 15.2. The average molecular weight is 1150 g/mol. The van der Waals surface area contributed by atoms with Gasteiger partial charge in [0.2, 0.25) is 5.75 Å². The van der Waals surface area contributed by atoms with Crippen molar-refractivity contribution in [2.45, 2.75) is 121 Å². The third-order valence-electron chi connectivity index (χ3n) is 17.9. The molecule has 11 rings (SSSR count). The first-order valence-corrected chi connectivity index (χ1v) is 29.8. The highest BCUT2D eigenvalue weighted by molar-refractivity contribution is 5.98. The number of aromatic nitrogens is 2. The van der Waals surface area contributed by atoms with Crippen molar-refractivity contribution in [2.75, 3.05) is 25.1 Å². The minimum absolute atomic E-state index is 0.00721.